The predicted molar refractivity (Wildman–Crippen MR) is 249 cm³/mol. The van der Waals surface area contributed by atoms with Crippen molar-refractivity contribution in [3.05, 3.63) is 65.7 Å². The third-order valence-corrected chi connectivity index (χ3v) is 13.7. The summed E-state index contributed by atoms with van der Waals surface area (Å²) in [5.41, 5.74) is 7.35. The van der Waals surface area contributed by atoms with E-state index in [1.807, 2.05) is 66.6 Å². The van der Waals surface area contributed by atoms with Gasteiger partial charge in [-0.15, -0.1) is 0 Å². The first-order valence-corrected chi connectivity index (χ1v) is 24.0. The third-order valence-electron chi connectivity index (χ3n) is 12.5. The summed E-state index contributed by atoms with van der Waals surface area (Å²) in [5, 5.41) is 5.81. The lowest BCUT2D eigenvalue weighted by Gasteiger charge is -2.41. The van der Waals surface area contributed by atoms with Gasteiger partial charge in [0.25, 0.3) is 5.91 Å². The summed E-state index contributed by atoms with van der Waals surface area (Å²) < 4.78 is 40.4. The molecule has 1 heterocycles. The zero-order valence-electron chi connectivity index (χ0n) is 40.0. The highest BCUT2D eigenvalue weighted by Gasteiger charge is 2.43. The normalized spacial score (nSPS) is 18.1. The van der Waals surface area contributed by atoms with Gasteiger partial charge < -0.3 is 35.6 Å². The molecule has 1 aliphatic heterocycles. The van der Waals surface area contributed by atoms with Gasteiger partial charge in [-0.3, -0.25) is 33.6 Å². The minimum atomic E-state index is -4.16. The number of nitrogens with one attached hydrogen (secondary N) is 3. The summed E-state index contributed by atoms with van der Waals surface area (Å²) in [6.07, 6.45) is 0.346. The van der Waals surface area contributed by atoms with Crippen molar-refractivity contribution < 1.29 is 41.9 Å². The molecule has 0 aliphatic carbocycles. The fraction of sp³-hybridized carbons (Fsp3) is 0.638. The van der Waals surface area contributed by atoms with Crippen LogP contribution in [0.4, 0.5) is 5.69 Å². The van der Waals surface area contributed by atoms with Gasteiger partial charge in [0.15, 0.2) is 0 Å². The van der Waals surface area contributed by atoms with Crippen molar-refractivity contribution in [3.63, 3.8) is 0 Å². The van der Waals surface area contributed by atoms with Gasteiger partial charge in [-0.2, -0.15) is 0 Å². The van der Waals surface area contributed by atoms with Crippen LogP contribution in [0, 0.1) is 23.7 Å². The number of sulfonamides is 1. The maximum atomic E-state index is 14.4. The first-order valence-electron chi connectivity index (χ1n) is 22.4. The molecule has 1 aliphatic rings. The lowest BCUT2D eigenvalue weighted by Crippen LogP contribution is -2.59. The number of ether oxygens (including phenoxy) is 2. The lowest BCUT2D eigenvalue weighted by atomic mass is 9.89. The Kier molecular flexibility index (Phi) is 20.7. The van der Waals surface area contributed by atoms with Crippen LogP contribution in [0.25, 0.3) is 0 Å². The zero-order chi connectivity index (χ0) is 48.1. The second-order valence-corrected chi connectivity index (χ2v) is 19.9. The molecule has 0 bridgehead atoms. The molecule has 0 spiro atoms. The Morgan fingerprint density at radius 1 is 0.828 bits per heavy atom. The number of benzene rings is 2. The molecule has 0 radical (unpaired) electrons. The van der Waals surface area contributed by atoms with Gasteiger partial charge in [0.05, 0.1) is 48.4 Å². The maximum Gasteiger partial charge on any atom is 0.256 e. The predicted octanol–water partition coefficient (Wildman–Crippen LogP) is 3.59. The van der Waals surface area contributed by atoms with Crippen molar-refractivity contribution in [2.24, 2.45) is 23.7 Å². The van der Waals surface area contributed by atoms with E-state index in [1.165, 1.54) is 14.2 Å². The van der Waals surface area contributed by atoms with Gasteiger partial charge in [0.1, 0.15) is 12.1 Å². The molecule has 64 heavy (non-hydrogen) atoms. The average Bonchev–Trinajstić information content (AvgIpc) is 3.72. The Morgan fingerprint density at radius 2 is 1.45 bits per heavy atom. The zero-order valence-corrected chi connectivity index (χ0v) is 40.8. The number of likely N-dealkylation sites (tertiary alicyclic amines) is 1. The van der Waals surface area contributed by atoms with Crippen LogP contribution in [-0.2, 0) is 55.6 Å². The topological polar surface area (TPSA) is 210 Å². The summed E-state index contributed by atoms with van der Waals surface area (Å²) in [4.78, 5) is 75.2. The van der Waals surface area contributed by atoms with Crippen molar-refractivity contribution in [2.45, 2.75) is 129 Å². The van der Waals surface area contributed by atoms with Crippen LogP contribution in [-0.4, -0.2) is 137 Å². The monoisotopic (exact) mass is 914 g/mol. The third kappa shape index (κ3) is 14.7. The number of carbonyl (C=O) groups is 5. The molecule has 0 saturated carbocycles. The molecular formula is C47H75N7O9S. The molecule has 5 amide bonds. The summed E-state index contributed by atoms with van der Waals surface area (Å²) in [5.74, 6) is -3.83. The van der Waals surface area contributed by atoms with Crippen molar-refractivity contribution in [1.29, 1.82) is 0 Å². The molecule has 5 N–H and O–H groups in total. The van der Waals surface area contributed by atoms with Gasteiger partial charge in [0, 0.05) is 39.9 Å². The number of anilines is 1. The Morgan fingerprint density at radius 3 is 1.98 bits per heavy atom. The molecule has 3 rings (SSSR count). The molecule has 17 heteroatoms. The number of methoxy groups -OCH3 is 2. The van der Waals surface area contributed by atoms with Crippen LogP contribution in [0.2, 0.25) is 0 Å². The summed E-state index contributed by atoms with van der Waals surface area (Å²) in [6, 6.07) is 11.7. The van der Waals surface area contributed by atoms with E-state index in [2.05, 4.69) is 15.4 Å². The Bertz CT molecular complexity index is 1940. The van der Waals surface area contributed by atoms with Crippen molar-refractivity contribution in [3.8, 4) is 0 Å². The molecule has 2 aromatic rings. The number of carbonyl (C=O) groups excluding carboxylic acids is 5. The number of hydrogen-bond acceptors (Lipinski definition) is 11. The standard InChI is InChI=1S/C47H75N7O9S/c1-13-31(6)42(53(10)47(59)40(29(2)3)50-46(58)41(30(4)5)52(8)9)38(62-11)27-39(55)54-25-17-20-37(54)43(63-12)32(7)44(56)49-36(26-33-18-15-14-16-19-33)45(57)51-64(60,61)28-34-21-23-35(48)24-22-34/h14-16,18-19,21-24,29-32,36-38,40-43H,13,17,20,25-28,48H2,1-12H3,(H,49,56)(H,50,58)(H,51,57)/t31?,32-,36+,37+,38-,40+,41+,42+,43-/m1/s1. The molecular weight excluding hydrogens is 839 g/mol. The number of nitrogens with two attached hydrogens (primary N) is 1. The average molecular weight is 914 g/mol. The molecule has 16 nitrogen and oxygen atoms in total. The maximum absolute atomic E-state index is 14.4. The van der Waals surface area contributed by atoms with Gasteiger partial charge in [-0.1, -0.05) is 97.4 Å². The largest absolute Gasteiger partial charge is 0.399 e. The second-order valence-electron chi connectivity index (χ2n) is 18.2. The van der Waals surface area contributed by atoms with Gasteiger partial charge in [-0.25, -0.2) is 8.42 Å². The van der Waals surface area contributed by atoms with E-state index >= 15 is 0 Å². The quantitative estimate of drug-likeness (QED) is 0.112. The number of nitrogen functional groups attached to an aromatic ring is 1. The fourth-order valence-electron chi connectivity index (χ4n) is 8.87. The van der Waals surface area contributed by atoms with Crippen LogP contribution in [0.5, 0.6) is 0 Å². The molecule has 2 aromatic carbocycles. The van der Waals surface area contributed by atoms with Gasteiger partial charge in [0.2, 0.25) is 33.7 Å². The van der Waals surface area contributed by atoms with Crippen LogP contribution < -0.4 is 21.1 Å². The molecule has 0 aromatic heterocycles. The molecule has 1 fully saturated rings. The molecule has 1 unspecified atom stereocenters. The number of rotatable bonds is 24. The lowest BCUT2D eigenvalue weighted by molar-refractivity contribution is -0.148. The summed E-state index contributed by atoms with van der Waals surface area (Å²) >= 11 is 0. The summed E-state index contributed by atoms with van der Waals surface area (Å²) in [6.45, 7) is 13.8. The van der Waals surface area contributed by atoms with E-state index in [0.29, 0.717) is 42.6 Å². The van der Waals surface area contributed by atoms with E-state index in [-0.39, 0.29) is 48.3 Å². The van der Waals surface area contributed by atoms with Crippen LogP contribution in [0.1, 0.15) is 85.3 Å². The summed E-state index contributed by atoms with van der Waals surface area (Å²) in [7, 11) is 4.20. The van der Waals surface area contributed by atoms with E-state index in [9.17, 15) is 32.4 Å². The van der Waals surface area contributed by atoms with Crippen molar-refractivity contribution in [2.75, 3.05) is 47.6 Å². The fourth-order valence-corrected chi connectivity index (χ4v) is 10.0. The number of likely N-dealkylation sites (N-methyl/N-ethyl adjacent to an activating group) is 2. The first-order chi connectivity index (χ1) is 30.1. The van der Waals surface area contributed by atoms with Gasteiger partial charge in [-0.05, 0) is 68.0 Å². The SMILES string of the molecule is CCC(C)[C@@H]([C@@H](CC(=O)N1CCC[C@H]1[C@H](OC)[C@@H](C)C(=O)N[C@@H](Cc1ccccc1)C(=O)NS(=O)(=O)Cc1ccc(N)cc1)OC)N(C)C(=O)[C@@H](NC(=O)[C@H](C(C)C)N(C)C)C(C)C. The van der Waals surface area contributed by atoms with E-state index in [4.69, 9.17) is 15.2 Å². The number of amides is 5. The number of hydrogen-bond donors (Lipinski definition) is 4. The first kappa shape index (κ1) is 53.8. The molecule has 9 atom stereocenters. The number of nitrogens with zero attached hydrogens (tertiary/aromatic N) is 3. The highest BCUT2D eigenvalue weighted by atomic mass is 32.2. The second kappa shape index (κ2) is 24.6. The van der Waals surface area contributed by atoms with E-state index in [0.717, 1.165) is 0 Å². The molecule has 358 valence electrons. The molecule has 1 saturated heterocycles. The minimum absolute atomic E-state index is 0.0121. The van der Waals surface area contributed by atoms with Gasteiger partial charge >= 0.3 is 0 Å². The highest BCUT2D eigenvalue weighted by Crippen LogP contribution is 2.30. The van der Waals surface area contributed by atoms with Crippen molar-refractivity contribution >= 4 is 45.2 Å². The Balaban J connectivity index is 1.82. The van der Waals surface area contributed by atoms with Crippen LogP contribution in [0.15, 0.2) is 54.6 Å². The van der Waals surface area contributed by atoms with Crippen LogP contribution >= 0.6 is 0 Å². The van der Waals surface area contributed by atoms with E-state index in [1.54, 1.807) is 72.3 Å². The minimum Gasteiger partial charge on any atom is -0.399 e. The van der Waals surface area contributed by atoms with Crippen LogP contribution in [0.3, 0.4) is 0 Å². The van der Waals surface area contributed by atoms with E-state index < -0.39 is 75.9 Å². The van der Waals surface area contributed by atoms with Crippen molar-refractivity contribution in [1.82, 2.24) is 30.1 Å². The Hall–Kier alpha value is -4.58. The Labute approximate surface area is 381 Å². The highest BCUT2D eigenvalue weighted by molar-refractivity contribution is 7.89. The smallest absolute Gasteiger partial charge is 0.256 e.